The highest BCUT2D eigenvalue weighted by molar-refractivity contribution is 7.06. The number of rotatable bonds is 3. The molecule has 1 rings (SSSR count). The van der Waals surface area contributed by atoms with Crippen LogP contribution in [0.1, 0.15) is 34.6 Å². The van der Waals surface area contributed by atoms with Crippen molar-refractivity contribution in [1.29, 1.82) is 0 Å². The smallest absolute Gasteiger partial charge is 0.414 e. The summed E-state index contributed by atoms with van der Waals surface area (Å²) in [7, 11) is 7.47. The molecule has 1 amide bonds. The summed E-state index contributed by atoms with van der Waals surface area (Å²) in [5, 5.41) is 2.47. The molecule has 5 heteroatoms. The Balaban J connectivity index is 0.000000567. The van der Waals surface area contributed by atoms with E-state index in [0.717, 1.165) is 5.69 Å². The lowest BCUT2D eigenvalue weighted by atomic mass is 10.2. The van der Waals surface area contributed by atoms with Crippen LogP contribution in [0.15, 0.2) is 24.3 Å². The first-order valence-electron chi connectivity index (χ1n) is 7.28. The van der Waals surface area contributed by atoms with E-state index in [9.17, 15) is 4.79 Å². The number of anilines is 1. The largest absolute Gasteiger partial charge is 0.443 e. The normalized spacial score (nSPS) is 10.2. The maximum absolute atomic E-state index is 11.6. The van der Waals surface area contributed by atoms with Gasteiger partial charge in [-0.05, 0) is 39.0 Å². The summed E-state index contributed by atoms with van der Waals surface area (Å²) in [5.41, 5.74) is 0.302. The molecule has 0 N–H and O–H groups in total. The monoisotopic (exact) mass is 326 g/mol. The average molecular weight is 327 g/mol. The van der Waals surface area contributed by atoms with Crippen LogP contribution in [-0.4, -0.2) is 32.0 Å². The second-order valence-corrected chi connectivity index (χ2v) is 10.4. The lowest BCUT2D eigenvalue weighted by Gasteiger charge is -2.24. The summed E-state index contributed by atoms with van der Waals surface area (Å²) in [5.74, 6) is 0. The number of carbonyl (C=O) groups is 1. The van der Waals surface area contributed by atoms with Gasteiger partial charge >= 0.3 is 19.3 Å². The van der Waals surface area contributed by atoms with E-state index >= 15 is 0 Å². The molecule has 0 aliphatic heterocycles. The Morgan fingerprint density at radius 2 is 1.95 bits per heavy atom. The van der Waals surface area contributed by atoms with Crippen LogP contribution in [0.4, 0.5) is 10.5 Å². The predicted octanol–water partition coefficient (Wildman–Crippen LogP) is 5.11. The fourth-order valence-corrected chi connectivity index (χ4v) is 1.89. The molecule has 0 aliphatic carbocycles. The summed E-state index contributed by atoms with van der Waals surface area (Å²) in [6.07, 6.45) is -0.359. The number of hydrogen-bond acceptors (Lipinski definition) is 2. The van der Waals surface area contributed by atoms with Gasteiger partial charge in [-0.1, -0.05) is 36.5 Å². The fourth-order valence-electron chi connectivity index (χ4n) is 1.32. The molecule has 1 aromatic carbocycles. The van der Waals surface area contributed by atoms with Crippen molar-refractivity contribution in [3.8, 4) is 0 Å². The summed E-state index contributed by atoms with van der Waals surface area (Å²) >= 11 is -0.688. The number of benzene rings is 1. The van der Waals surface area contributed by atoms with Crippen LogP contribution in [0.5, 0.6) is 0 Å². The van der Waals surface area contributed by atoms with Crippen molar-refractivity contribution in [3.63, 3.8) is 0 Å². The van der Waals surface area contributed by atoms with Gasteiger partial charge in [-0.2, -0.15) is 0 Å². The molecule has 0 fully saturated rings. The third-order valence-corrected chi connectivity index (χ3v) is 6.25. The quantitative estimate of drug-likeness (QED) is 0.722. The van der Waals surface area contributed by atoms with Gasteiger partial charge in [-0.25, -0.2) is 4.79 Å². The molecule has 3 nitrogen and oxygen atoms in total. The highest BCUT2D eigenvalue weighted by Gasteiger charge is 2.20. The van der Waals surface area contributed by atoms with Gasteiger partial charge in [0.15, 0.2) is 0 Å². The van der Waals surface area contributed by atoms with Crippen molar-refractivity contribution in [2.75, 3.05) is 11.9 Å². The van der Waals surface area contributed by atoms with Gasteiger partial charge in [0.25, 0.3) is 0 Å². The molecule has 0 saturated carbocycles. The molecule has 0 atom stereocenters. The maximum atomic E-state index is 11.6. The molecule has 0 bridgehead atoms. The molecule has 0 saturated heterocycles. The Morgan fingerprint density at radius 3 is 2.29 bits per heavy atom. The Hall–Kier alpha value is -0.688. The molecule has 1 radical (unpaired) electrons. The van der Waals surface area contributed by atoms with Gasteiger partial charge in [0, 0.05) is 12.7 Å². The molecular formula is C16H26AlClNO2. The zero-order chi connectivity index (χ0) is 16.5. The minimum Gasteiger partial charge on any atom is -0.443 e. The molecule has 0 spiro atoms. The number of hydrogen-bond donors (Lipinski definition) is 0. The number of carbonyl (C=O) groups excluding carboxylic acids is 1. The minimum absolute atomic E-state index is 0.359. The maximum Gasteiger partial charge on any atom is 0.414 e. The highest BCUT2D eigenvalue weighted by atomic mass is 35.6. The van der Waals surface area contributed by atoms with Crippen LogP contribution in [-0.2, 0) is 4.74 Å². The molecule has 21 heavy (non-hydrogen) atoms. The average Bonchev–Trinajstić information content (AvgIpc) is 2.45. The standard InChI is InChI=1S/C12H16NO2.2C2H5.Al.ClH/c1-12(2,3)15-11(14)13(4)10-8-6-5-7-9-10;2*1-2;;/h5-6,8-9H,1-4H3;2*1H2,2H3;;1H/q;;;+1;/p-1. The second-order valence-electron chi connectivity index (χ2n) is 5.71. The molecule has 1 aromatic rings. The van der Waals surface area contributed by atoms with E-state index in [4.69, 9.17) is 14.8 Å². The number of ether oxygens (including phenoxy) is 1. The van der Waals surface area contributed by atoms with Crippen LogP contribution in [0.2, 0.25) is 10.6 Å². The Bertz CT molecular complexity index is 402. The summed E-state index contributed by atoms with van der Waals surface area (Å²) in [6, 6.07) is 10.1. The predicted molar refractivity (Wildman–Crippen MR) is 92.5 cm³/mol. The zero-order valence-corrected chi connectivity index (χ0v) is 15.9. The lowest BCUT2D eigenvalue weighted by molar-refractivity contribution is 0.0589. The van der Waals surface area contributed by atoms with Gasteiger partial charge < -0.3 is 4.74 Å². The highest BCUT2D eigenvalue weighted by Crippen LogP contribution is 2.15. The first-order valence-corrected chi connectivity index (χ1v) is 10.7. The topological polar surface area (TPSA) is 29.5 Å². The Labute approximate surface area is 137 Å². The van der Waals surface area contributed by atoms with Gasteiger partial charge in [-0.15, -0.1) is 0 Å². The van der Waals surface area contributed by atoms with Crippen molar-refractivity contribution < 1.29 is 9.53 Å². The van der Waals surface area contributed by atoms with Gasteiger partial charge in [-0.3, -0.25) is 14.9 Å². The first-order chi connectivity index (χ1) is 9.71. The van der Waals surface area contributed by atoms with Crippen LogP contribution >= 0.6 is 10.0 Å². The van der Waals surface area contributed by atoms with Crippen molar-refractivity contribution in [3.05, 3.63) is 30.3 Å². The van der Waals surface area contributed by atoms with Crippen molar-refractivity contribution >= 4 is 35.1 Å². The van der Waals surface area contributed by atoms with E-state index in [-0.39, 0.29) is 6.09 Å². The molecule has 0 aromatic heterocycles. The van der Waals surface area contributed by atoms with Crippen molar-refractivity contribution in [1.82, 2.24) is 0 Å². The van der Waals surface area contributed by atoms with Crippen molar-refractivity contribution in [2.45, 2.75) is 50.8 Å². The minimum atomic E-state index is -0.688. The Kier molecular flexibility index (Phi) is 9.78. The van der Waals surface area contributed by atoms with E-state index in [1.165, 1.54) is 15.5 Å². The number of halogens is 1. The van der Waals surface area contributed by atoms with Crippen molar-refractivity contribution in [2.24, 2.45) is 0 Å². The summed E-state index contributed by atoms with van der Waals surface area (Å²) in [4.78, 5) is 13.1. The first kappa shape index (κ1) is 20.3. The van der Waals surface area contributed by atoms with Crippen LogP contribution in [0.3, 0.4) is 0 Å². The van der Waals surface area contributed by atoms with E-state index in [0.29, 0.717) is 0 Å². The number of nitrogens with zero attached hydrogens (tertiary/aromatic N) is 1. The van der Waals surface area contributed by atoms with Crippen LogP contribution < -0.4 is 4.90 Å². The molecule has 117 valence electrons. The molecular weight excluding hydrogens is 301 g/mol. The van der Waals surface area contributed by atoms with E-state index in [2.05, 4.69) is 19.9 Å². The van der Waals surface area contributed by atoms with Gasteiger partial charge in [0.05, 0.1) is 0 Å². The van der Waals surface area contributed by atoms with Gasteiger partial charge in [0.1, 0.15) is 5.60 Å². The van der Waals surface area contributed by atoms with Crippen LogP contribution in [0.25, 0.3) is 0 Å². The Morgan fingerprint density at radius 1 is 1.38 bits per heavy atom. The van der Waals surface area contributed by atoms with E-state index < -0.39 is 18.8 Å². The third-order valence-electron chi connectivity index (χ3n) is 2.63. The fraction of sp³-hybridized carbons (Fsp3) is 0.562. The van der Waals surface area contributed by atoms with E-state index in [1.54, 1.807) is 19.2 Å². The third kappa shape index (κ3) is 9.79. The van der Waals surface area contributed by atoms with Gasteiger partial charge in [0.2, 0.25) is 0 Å². The lowest BCUT2D eigenvalue weighted by Crippen LogP contribution is -2.34. The van der Waals surface area contributed by atoms with Crippen LogP contribution in [0, 0.1) is 6.07 Å². The molecule has 0 aliphatic rings. The molecule has 0 heterocycles. The second kappa shape index (κ2) is 10.1. The summed E-state index contributed by atoms with van der Waals surface area (Å²) in [6.45, 7) is 9.85. The summed E-state index contributed by atoms with van der Waals surface area (Å²) < 4.78 is 5.23. The SMILES string of the molecule is CN(C(=O)OC(C)(C)C)c1c[c]ccc1.C[CH2][Al]([Cl])[CH2]C. The number of amides is 1. The molecule has 0 unspecified atom stereocenters. The zero-order valence-electron chi connectivity index (χ0n) is 13.9. The van der Waals surface area contributed by atoms with E-state index in [1.807, 2.05) is 32.9 Å².